The Hall–Kier alpha value is -3.05. The summed E-state index contributed by atoms with van der Waals surface area (Å²) in [6.45, 7) is 3.52. The number of aromatic hydroxyl groups is 1. The molecule has 0 aliphatic rings. The number of benzene rings is 2. The standard InChI is InChI=1S/C20H16O4S/c1-2-13-23-20(22)24-17-16(21)18(14-9-5-3-6-10-14)25-19(17)15-11-7-4-8-12-15/h2-12,21H,1,13H2. The summed E-state index contributed by atoms with van der Waals surface area (Å²) >= 11 is 1.36. The van der Waals surface area contributed by atoms with Gasteiger partial charge in [-0.05, 0) is 11.1 Å². The van der Waals surface area contributed by atoms with Crippen molar-refractivity contribution >= 4 is 17.5 Å². The number of hydrogen-bond acceptors (Lipinski definition) is 5. The third kappa shape index (κ3) is 3.72. The van der Waals surface area contributed by atoms with Crippen LogP contribution in [0.15, 0.2) is 73.3 Å². The summed E-state index contributed by atoms with van der Waals surface area (Å²) in [6, 6.07) is 18.9. The predicted molar refractivity (Wildman–Crippen MR) is 99.0 cm³/mol. The molecule has 0 atom stereocenters. The Labute approximate surface area is 149 Å². The van der Waals surface area contributed by atoms with Crippen LogP contribution in [0.4, 0.5) is 4.79 Å². The zero-order chi connectivity index (χ0) is 17.6. The highest BCUT2D eigenvalue weighted by atomic mass is 32.1. The van der Waals surface area contributed by atoms with Crippen molar-refractivity contribution in [1.29, 1.82) is 0 Å². The van der Waals surface area contributed by atoms with E-state index in [2.05, 4.69) is 6.58 Å². The van der Waals surface area contributed by atoms with Crippen LogP contribution in [0.3, 0.4) is 0 Å². The normalized spacial score (nSPS) is 10.2. The zero-order valence-corrected chi connectivity index (χ0v) is 14.2. The number of ether oxygens (including phenoxy) is 2. The molecule has 1 aromatic heterocycles. The van der Waals surface area contributed by atoms with Gasteiger partial charge in [-0.15, -0.1) is 11.3 Å². The lowest BCUT2D eigenvalue weighted by Crippen LogP contribution is -2.10. The molecule has 1 heterocycles. The van der Waals surface area contributed by atoms with Crippen molar-refractivity contribution in [3.63, 3.8) is 0 Å². The van der Waals surface area contributed by atoms with Crippen molar-refractivity contribution in [2.24, 2.45) is 0 Å². The number of thiophene rings is 1. The predicted octanol–water partition coefficient (Wildman–Crippen LogP) is 5.49. The second-order valence-corrected chi connectivity index (χ2v) is 6.14. The van der Waals surface area contributed by atoms with Crippen LogP contribution in [0.5, 0.6) is 11.5 Å². The van der Waals surface area contributed by atoms with Crippen molar-refractivity contribution < 1.29 is 19.4 Å². The van der Waals surface area contributed by atoms with Gasteiger partial charge in [0.25, 0.3) is 0 Å². The largest absolute Gasteiger partial charge is 0.514 e. The van der Waals surface area contributed by atoms with Crippen molar-refractivity contribution in [2.45, 2.75) is 0 Å². The quantitative estimate of drug-likeness (QED) is 0.487. The maximum Gasteiger partial charge on any atom is 0.514 e. The first-order valence-electron chi connectivity index (χ1n) is 7.62. The van der Waals surface area contributed by atoms with E-state index in [1.165, 1.54) is 17.4 Å². The molecule has 5 heteroatoms. The van der Waals surface area contributed by atoms with Gasteiger partial charge in [0.2, 0.25) is 0 Å². The van der Waals surface area contributed by atoms with Crippen LogP contribution in [-0.4, -0.2) is 17.9 Å². The molecule has 0 radical (unpaired) electrons. The number of carbonyl (C=O) groups excluding carboxylic acids is 1. The molecule has 0 saturated carbocycles. The minimum absolute atomic E-state index is 0.0376. The molecule has 25 heavy (non-hydrogen) atoms. The van der Waals surface area contributed by atoms with E-state index in [-0.39, 0.29) is 18.1 Å². The molecular weight excluding hydrogens is 336 g/mol. The molecule has 0 spiro atoms. The van der Waals surface area contributed by atoms with Crippen molar-refractivity contribution in [1.82, 2.24) is 0 Å². The molecule has 0 amide bonds. The van der Waals surface area contributed by atoms with E-state index in [9.17, 15) is 9.90 Å². The summed E-state index contributed by atoms with van der Waals surface area (Å²) in [4.78, 5) is 13.1. The SMILES string of the molecule is C=CCOC(=O)Oc1c(-c2ccccc2)sc(-c2ccccc2)c1O. The highest BCUT2D eigenvalue weighted by Crippen LogP contribution is 2.51. The lowest BCUT2D eigenvalue weighted by Gasteiger charge is -2.06. The van der Waals surface area contributed by atoms with Crippen molar-refractivity contribution in [3.8, 4) is 32.4 Å². The summed E-state index contributed by atoms with van der Waals surface area (Å²) in [6.07, 6.45) is 0.562. The molecule has 126 valence electrons. The summed E-state index contributed by atoms with van der Waals surface area (Å²) in [5, 5.41) is 10.7. The van der Waals surface area contributed by atoms with Crippen LogP contribution in [0.25, 0.3) is 20.9 Å². The number of hydrogen-bond donors (Lipinski definition) is 1. The Morgan fingerprint density at radius 1 is 1.00 bits per heavy atom. The first kappa shape index (κ1) is 16.8. The Morgan fingerprint density at radius 3 is 2.12 bits per heavy atom. The van der Waals surface area contributed by atoms with Crippen LogP contribution < -0.4 is 4.74 Å². The highest BCUT2D eigenvalue weighted by molar-refractivity contribution is 7.19. The Balaban J connectivity index is 2.06. The van der Waals surface area contributed by atoms with Gasteiger partial charge in [0.1, 0.15) is 6.61 Å². The van der Waals surface area contributed by atoms with Gasteiger partial charge < -0.3 is 14.6 Å². The molecule has 2 aromatic carbocycles. The molecule has 3 rings (SSSR count). The van der Waals surface area contributed by atoms with Crippen LogP contribution in [-0.2, 0) is 4.74 Å². The Morgan fingerprint density at radius 2 is 1.56 bits per heavy atom. The minimum atomic E-state index is -0.884. The van der Waals surface area contributed by atoms with Gasteiger partial charge in [0.15, 0.2) is 11.5 Å². The van der Waals surface area contributed by atoms with Crippen LogP contribution in [0, 0.1) is 0 Å². The molecular formula is C20H16O4S. The maximum absolute atomic E-state index is 11.9. The molecule has 0 bridgehead atoms. The van der Waals surface area contributed by atoms with E-state index < -0.39 is 6.16 Å². The first-order valence-corrected chi connectivity index (χ1v) is 8.44. The summed E-state index contributed by atoms with van der Waals surface area (Å²) in [5.41, 5.74) is 1.69. The Bertz CT molecular complexity index is 869. The topological polar surface area (TPSA) is 55.8 Å². The molecule has 0 aliphatic heterocycles. The Kier molecular flexibility index (Phi) is 5.16. The highest BCUT2D eigenvalue weighted by Gasteiger charge is 2.24. The van der Waals surface area contributed by atoms with E-state index in [4.69, 9.17) is 9.47 Å². The fourth-order valence-electron chi connectivity index (χ4n) is 2.31. The molecule has 1 N–H and O–H groups in total. The maximum atomic E-state index is 11.9. The second-order valence-electron chi connectivity index (χ2n) is 5.12. The third-order valence-corrected chi connectivity index (χ3v) is 4.68. The van der Waals surface area contributed by atoms with Gasteiger partial charge in [-0.2, -0.15) is 0 Å². The van der Waals surface area contributed by atoms with E-state index >= 15 is 0 Å². The number of carbonyl (C=O) groups is 1. The van der Waals surface area contributed by atoms with E-state index in [0.717, 1.165) is 11.1 Å². The molecule has 0 saturated heterocycles. The lowest BCUT2D eigenvalue weighted by molar-refractivity contribution is 0.109. The van der Waals surface area contributed by atoms with E-state index in [1.807, 2.05) is 60.7 Å². The average Bonchev–Trinajstić information content (AvgIpc) is 2.98. The van der Waals surface area contributed by atoms with Gasteiger partial charge in [0.05, 0.1) is 9.75 Å². The summed E-state index contributed by atoms with van der Waals surface area (Å²) < 4.78 is 10.2. The average molecular weight is 352 g/mol. The fraction of sp³-hybridized carbons (Fsp3) is 0.0500. The van der Waals surface area contributed by atoms with Crippen LogP contribution >= 0.6 is 11.3 Å². The van der Waals surface area contributed by atoms with Gasteiger partial charge in [0, 0.05) is 0 Å². The van der Waals surface area contributed by atoms with Crippen LogP contribution in [0.1, 0.15) is 0 Å². The van der Waals surface area contributed by atoms with Gasteiger partial charge in [-0.1, -0.05) is 73.3 Å². The minimum Gasteiger partial charge on any atom is -0.503 e. The smallest absolute Gasteiger partial charge is 0.503 e. The van der Waals surface area contributed by atoms with Crippen molar-refractivity contribution in [3.05, 3.63) is 73.3 Å². The molecule has 0 unspecified atom stereocenters. The van der Waals surface area contributed by atoms with E-state index in [0.29, 0.717) is 9.75 Å². The zero-order valence-electron chi connectivity index (χ0n) is 13.3. The van der Waals surface area contributed by atoms with Gasteiger partial charge in [-0.3, -0.25) is 0 Å². The van der Waals surface area contributed by atoms with Gasteiger partial charge in [-0.25, -0.2) is 4.79 Å². The molecule has 0 fully saturated rings. The fourth-order valence-corrected chi connectivity index (χ4v) is 3.44. The monoisotopic (exact) mass is 352 g/mol. The van der Waals surface area contributed by atoms with Crippen molar-refractivity contribution in [2.75, 3.05) is 6.61 Å². The summed E-state index contributed by atoms with van der Waals surface area (Å²) in [5.74, 6) is 0.0229. The lowest BCUT2D eigenvalue weighted by atomic mass is 10.1. The third-order valence-electron chi connectivity index (χ3n) is 3.42. The molecule has 0 aliphatic carbocycles. The van der Waals surface area contributed by atoms with Gasteiger partial charge >= 0.3 is 6.16 Å². The first-order chi connectivity index (χ1) is 12.2. The molecule has 4 nitrogen and oxygen atoms in total. The number of rotatable bonds is 5. The molecule has 3 aromatic rings. The second kappa shape index (κ2) is 7.68. The van der Waals surface area contributed by atoms with Crippen LogP contribution in [0.2, 0.25) is 0 Å². The summed E-state index contributed by atoms with van der Waals surface area (Å²) in [7, 11) is 0. The van der Waals surface area contributed by atoms with E-state index in [1.54, 1.807) is 0 Å².